The fraction of sp³-hybridized carbons (Fsp3) is 0.300. The molecule has 0 radical (unpaired) electrons. The average Bonchev–Trinajstić information content (AvgIpc) is 2.62. The zero-order chi connectivity index (χ0) is 18.1. The first-order valence-electron chi connectivity index (χ1n) is 8.35. The molecule has 0 aliphatic carbocycles. The number of esters is 1. The topological polar surface area (TPSA) is 64.6 Å². The van der Waals surface area contributed by atoms with Crippen molar-refractivity contribution in [2.24, 2.45) is 0 Å². The van der Waals surface area contributed by atoms with Crippen LogP contribution in [0.25, 0.3) is 0 Å². The maximum absolute atomic E-state index is 12.0. The molecule has 0 aliphatic heterocycles. The number of carbonyl (C=O) groups excluding carboxylic acids is 2. The molecular weight excluding hydrogens is 318 g/mol. The first kappa shape index (κ1) is 18.5. The van der Waals surface area contributed by atoms with Crippen molar-refractivity contribution in [2.75, 3.05) is 5.32 Å². The Morgan fingerprint density at radius 3 is 2.36 bits per heavy atom. The minimum atomic E-state index is -0.826. The second-order valence-electron chi connectivity index (χ2n) is 5.67. The Morgan fingerprint density at radius 2 is 1.72 bits per heavy atom. The fourth-order valence-electron chi connectivity index (χ4n) is 2.13. The van der Waals surface area contributed by atoms with E-state index >= 15 is 0 Å². The molecule has 0 saturated carbocycles. The Morgan fingerprint density at radius 1 is 1.04 bits per heavy atom. The van der Waals surface area contributed by atoms with Gasteiger partial charge in [0.2, 0.25) is 0 Å². The zero-order valence-corrected chi connectivity index (χ0v) is 14.5. The Balaban J connectivity index is 1.83. The molecule has 2 aromatic carbocycles. The van der Waals surface area contributed by atoms with Gasteiger partial charge >= 0.3 is 5.97 Å². The third-order valence-electron chi connectivity index (χ3n) is 3.50. The molecule has 1 unspecified atom stereocenters. The summed E-state index contributed by atoms with van der Waals surface area (Å²) < 4.78 is 10.8. The van der Waals surface area contributed by atoms with Crippen LogP contribution in [0.5, 0.6) is 5.75 Å². The van der Waals surface area contributed by atoms with Gasteiger partial charge in [0.15, 0.2) is 6.10 Å². The van der Waals surface area contributed by atoms with E-state index in [0.717, 1.165) is 5.56 Å². The molecule has 5 nitrogen and oxygen atoms in total. The number of amides is 1. The van der Waals surface area contributed by atoms with Crippen molar-refractivity contribution in [3.8, 4) is 5.75 Å². The van der Waals surface area contributed by atoms with Crippen molar-refractivity contribution < 1.29 is 19.1 Å². The van der Waals surface area contributed by atoms with Crippen molar-refractivity contribution in [2.45, 2.75) is 39.4 Å². The van der Waals surface area contributed by atoms with Crippen LogP contribution in [0.15, 0.2) is 54.6 Å². The summed E-state index contributed by atoms with van der Waals surface area (Å²) in [6, 6.07) is 16.9. The molecule has 0 saturated heterocycles. The van der Waals surface area contributed by atoms with Crippen LogP contribution < -0.4 is 10.1 Å². The van der Waals surface area contributed by atoms with Gasteiger partial charge in [-0.05, 0) is 43.2 Å². The third kappa shape index (κ3) is 6.30. The van der Waals surface area contributed by atoms with Crippen LogP contribution in [0, 0.1) is 0 Å². The number of benzene rings is 2. The van der Waals surface area contributed by atoms with Crippen LogP contribution >= 0.6 is 0 Å². The van der Waals surface area contributed by atoms with Crippen molar-refractivity contribution >= 4 is 17.6 Å². The summed E-state index contributed by atoms with van der Waals surface area (Å²) in [5.74, 6) is -0.0125. The molecule has 0 fully saturated rings. The van der Waals surface area contributed by atoms with E-state index in [1.54, 1.807) is 31.2 Å². The summed E-state index contributed by atoms with van der Waals surface area (Å²) in [6.07, 6.45) is 0.177. The molecule has 0 bridgehead atoms. The van der Waals surface area contributed by atoms with Crippen LogP contribution in [0.3, 0.4) is 0 Å². The normalized spacial score (nSPS) is 11.4. The van der Waals surface area contributed by atoms with Gasteiger partial charge < -0.3 is 14.8 Å². The van der Waals surface area contributed by atoms with Crippen molar-refractivity contribution in [1.29, 1.82) is 0 Å². The monoisotopic (exact) mass is 341 g/mol. The van der Waals surface area contributed by atoms with Crippen LogP contribution in [0.1, 0.15) is 32.3 Å². The highest BCUT2D eigenvalue weighted by Crippen LogP contribution is 2.17. The van der Waals surface area contributed by atoms with E-state index in [4.69, 9.17) is 9.47 Å². The Labute approximate surface area is 148 Å². The molecule has 2 rings (SSSR count). The molecule has 1 atom stereocenters. The van der Waals surface area contributed by atoms with Crippen molar-refractivity contribution in [3.63, 3.8) is 0 Å². The molecule has 132 valence electrons. The van der Waals surface area contributed by atoms with Crippen LogP contribution in [0.2, 0.25) is 0 Å². The minimum absolute atomic E-state index is 0.311. The van der Waals surface area contributed by atoms with Gasteiger partial charge in [0.25, 0.3) is 5.91 Å². The van der Waals surface area contributed by atoms with Crippen LogP contribution in [-0.2, 0) is 20.9 Å². The predicted molar refractivity (Wildman–Crippen MR) is 96.3 cm³/mol. The number of rotatable bonds is 8. The van der Waals surface area contributed by atoms with E-state index in [1.807, 2.05) is 37.3 Å². The van der Waals surface area contributed by atoms with Gasteiger partial charge in [-0.15, -0.1) is 0 Å². The van der Waals surface area contributed by atoms with Gasteiger partial charge in [-0.3, -0.25) is 9.59 Å². The highest BCUT2D eigenvalue weighted by Gasteiger charge is 2.17. The van der Waals surface area contributed by atoms with E-state index in [0.29, 0.717) is 30.9 Å². The highest BCUT2D eigenvalue weighted by atomic mass is 16.5. The van der Waals surface area contributed by atoms with Gasteiger partial charge in [0.1, 0.15) is 12.4 Å². The summed E-state index contributed by atoms with van der Waals surface area (Å²) in [5.41, 5.74) is 1.71. The molecule has 0 heterocycles. The number of hydrogen-bond acceptors (Lipinski definition) is 4. The summed E-state index contributed by atoms with van der Waals surface area (Å²) in [7, 11) is 0. The van der Waals surface area contributed by atoms with E-state index < -0.39 is 6.10 Å². The third-order valence-corrected chi connectivity index (χ3v) is 3.50. The standard InChI is InChI=1S/C20H23NO4/c1-3-7-19(22)25-15(2)20(23)21-17-10-12-18(13-11-17)24-14-16-8-5-4-6-9-16/h4-6,8-13,15H,3,7,14H2,1-2H3,(H,21,23). The molecule has 0 aliphatic rings. The predicted octanol–water partition coefficient (Wildman–Crippen LogP) is 3.94. The number of ether oxygens (including phenoxy) is 2. The van der Waals surface area contributed by atoms with Gasteiger partial charge in [0.05, 0.1) is 0 Å². The largest absolute Gasteiger partial charge is 0.489 e. The second kappa shape index (κ2) is 9.47. The Bertz CT molecular complexity index is 683. The van der Waals surface area contributed by atoms with Gasteiger partial charge in [-0.2, -0.15) is 0 Å². The van der Waals surface area contributed by atoms with Gasteiger partial charge in [-0.25, -0.2) is 0 Å². The summed E-state index contributed by atoms with van der Waals surface area (Å²) in [4.78, 5) is 23.5. The quantitative estimate of drug-likeness (QED) is 0.739. The number of nitrogens with one attached hydrogen (secondary N) is 1. The first-order chi connectivity index (χ1) is 12.1. The maximum atomic E-state index is 12.0. The zero-order valence-electron chi connectivity index (χ0n) is 14.5. The molecule has 1 N–H and O–H groups in total. The molecule has 0 spiro atoms. The average molecular weight is 341 g/mol. The smallest absolute Gasteiger partial charge is 0.306 e. The van der Waals surface area contributed by atoms with Crippen molar-refractivity contribution in [3.05, 3.63) is 60.2 Å². The molecule has 5 heteroatoms. The molecular formula is C20H23NO4. The first-order valence-corrected chi connectivity index (χ1v) is 8.35. The van der Waals surface area contributed by atoms with E-state index in [-0.39, 0.29) is 11.9 Å². The van der Waals surface area contributed by atoms with Gasteiger partial charge in [0, 0.05) is 12.1 Å². The molecule has 25 heavy (non-hydrogen) atoms. The van der Waals surface area contributed by atoms with Gasteiger partial charge in [-0.1, -0.05) is 37.3 Å². The fourth-order valence-corrected chi connectivity index (χ4v) is 2.13. The summed E-state index contributed by atoms with van der Waals surface area (Å²) in [5, 5.41) is 2.72. The summed E-state index contributed by atoms with van der Waals surface area (Å²) >= 11 is 0. The van der Waals surface area contributed by atoms with E-state index in [2.05, 4.69) is 5.32 Å². The Hall–Kier alpha value is -2.82. The van der Waals surface area contributed by atoms with Crippen LogP contribution in [-0.4, -0.2) is 18.0 Å². The van der Waals surface area contributed by atoms with Crippen molar-refractivity contribution in [1.82, 2.24) is 0 Å². The minimum Gasteiger partial charge on any atom is -0.489 e. The van der Waals surface area contributed by atoms with E-state index in [9.17, 15) is 9.59 Å². The molecule has 0 aromatic heterocycles. The SMILES string of the molecule is CCCC(=O)OC(C)C(=O)Nc1ccc(OCc2ccccc2)cc1. The molecule has 2 aromatic rings. The number of hydrogen-bond donors (Lipinski definition) is 1. The lowest BCUT2D eigenvalue weighted by Crippen LogP contribution is -2.29. The number of carbonyl (C=O) groups is 2. The number of anilines is 1. The highest BCUT2D eigenvalue weighted by molar-refractivity contribution is 5.95. The maximum Gasteiger partial charge on any atom is 0.306 e. The lowest BCUT2D eigenvalue weighted by Gasteiger charge is -2.13. The second-order valence-corrected chi connectivity index (χ2v) is 5.67. The molecule has 1 amide bonds. The Kier molecular flexibility index (Phi) is 7.01. The van der Waals surface area contributed by atoms with E-state index in [1.165, 1.54) is 0 Å². The summed E-state index contributed by atoms with van der Waals surface area (Å²) in [6.45, 7) is 3.92. The lowest BCUT2D eigenvalue weighted by molar-refractivity contribution is -0.153. The van der Waals surface area contributed by atoms with Crippen LogP contribution in [0.4, 0.5) is 5.69 Å². The lowest BCUT2D eigenvalue weighted by atomic mass is 10.2.